The molecule has 0 aromatic carbocycles. The number of pyridine rings is 1. The lowest BCUT2D eigenvalue weighted by atomic mass is 10.1. The zero-order valence-corrected chi connectivity index (χ0v) is 14.7. The van der Waals surface area contributed by atoms with Gasteiger partial charge in [0.2, 0.25) is 0 Å². The van der Waals surface area contributed by atoms with Gasteiger partial charge < -0.3 is 9.64 Å². The summed E-state index contributed by atoms with van der Waals surface area (Å²) in [5.74, 6) is -0.551. The molecule has 3 rings (SSSR count). The number of piperidine rings is 1. The summed E-state index contributed by atoms with van der Waals surface area (Å²) >= 11 is 0. The molecule has 0 N–H and O–H groups in total. The number of rotatable bonds is 3. The zero-order valence-electron chi connectivity index (χ0n) is 14.7. The second-order valence-electron chi connectivity index (χ2n) is 6.29. The molecule has 3 heterocycles. The Morgan fingerprint density at radius 1 is 1.03 bits per heavy atom. The Balaban J connectivity index is 1.67. The molecule has 2 aromatic heterocycles. The minimum absolute atomic E-state index is 0.0272. The van der Waals surface area contributed by atoms with E-state index in [0.29, 0.717) is 31.5 Å². The highest BCUT2D eigenvalue weighted by Crippen LogP contribution is 2.29. The van der Waals surface area contributed by atoms with Crippen LogP contribution in [0.5, 0.6) is 6.01 Å². The highest BCUT2D eigenvalue weighted by Gasteiger charge is 2.34. The van der Waals surface area contributed by atoms with Gasteiger partial charge in [-0.1, -0.05) is 0 Å². The average molecular weight is 420 g/mol. The summed E-state index contributed by atoms with van der Waals surface area (Å²) in [6.45, 7) is 0.350. The van der Waals surface area contributed by atoms with Crippen LogP contribution in [0.3, 0.4) is 0 Å². The Morgan fingerprint density at radius 3 is 2.38 bits per heavy atom. The van der Waals surface area contributed by atoms with Gasteiger partial charge in [0.05, 0.1) is 12.1 Å². The van der Waals surface area contributed by atoms with E-state index in [-0.39, 0.29) is 12.1 Å². The molecule has 1 fully saturated rings. The summed E-state index contributed by atoms with van der Waals surface area (Å²) in [5, 5.41) is 0. The van der Waals surface area contributed by atoms with Crippen LogP contribution in [-0.2, 0) is 12.4 Å². The molecule has 0 saturated carbocycles. The summed E-state index contributed by atoms with van der Waals surface area (Å²) in [7, 11) is 0. The first-order valence-electron chi connectivity index (χ1n) is 8.43. The normalized spacial score (nSPS) is 17.9. The zero-order chi connectivity index (χ0) is 21.2. The van der Waals surface area contributed by atoms with Crippen LogP contribution in [0.2, 0.25) is 0 Å². The van der Waals surface area contributed by atoms with E-state index in [9.17, 15) is 31.1 Å². The number of carbonyl (C=O) groups excluding carboxylic acids is 1. The summed E-state index contributed by atoms with van der Waals surface area (Å²) in [5.41, 5.74) is -2.30. The van der Waals surface area contributed by atoms with E-state index >= 15 is 0 Å². The molecule has 0 bridgehead atoms. The maximum absolute atomic E-state index is 12.7. The molecular formula is C17H14F6N4O2. The van der Waals surface area contributed by atoms with E-state index in [1.807, 2.05) is 0 Å². The molecule has 0 spiro atoms. The number of hydrogen-bond donors (Lipinski definition) is 0. The number of hydrogen-bond acceptors (Lipinski definition) is 5. The van der Waals surface area contributed by atoms with Gasteiger partial charge in [0.1, 0.15) is 11.8 Å². The first kappa shape index (κ1) is 20.8. The van der Waals surface area contributed by atoms with Crippen LogP contribution in [0.15, 0.2) is 30.6 Å². The molecule has 1 saturated heterocycles. The number of amides is 1. The van der Waals surface area contributed by atoms with Crippen molar-refractivity contribution in [1.82, 2.24) is 19.9 Å². The molecule has 1 atom stereocenters. The van der Waals surface area contributed by atoms with Gasteiger partial charge in [-0.05, 0) is 31.0 Å². The van der Waals surface area contributed by atoms with Gasteiger partial charge >= 0.3 is 18.4 Å². The number of alkyl halides is 6. The quantitative estimate of drug-likeness (QED) is 0.710. The Bertz CT molecular complexity index is 869. The summed E-state index contributed by atoms with van der Waals surface area (Å²) in [6.07, 6.45) is -7.21. The van der Waals surface area contributed by atoms with E-state index in [1.165, 1.54) is 4.90 Å². The first-order chi connectivity index (χ1) is 13.5. The number of likely N-dealkylation sites (tertiary alicyclic amines) is 1. The number of halogens is 6. The summed E-state index contributed by atoms with van der Waals surface area (Å²) in [6, 6.07) is 1.98. The summed E-state index contributed by atoms with van der Waals surface area (Å²) < 4.78 is 81.3. The van der Waals surface area contributed by atoms with Gasteiger partial charge in [-0.25, -0.2) is 4.98 Å². The second kappa shape index (κ2) is 7.84. The van der Waals surface area contributed by atoms with E-state index in [0.717, 1.165) is 18.5 Å². The third kappa shape index (κ3) is 5.12. The third-order valence-electron chi connectivity index (χ3n) is 4.16. The van der Waals surface area contributed by atoms with Crippen LogP contribution in [-0.4, -0.2) is 45.0 Å². The van der Waals surface area contributed by atoms with E-state index < -0.39 is 41.8 Å². The van der Waals surface area contributed by atoms with Gasteiger partial charge in [-0.15, -0.1) is 0 Å². The fourth-order valence-electron chi connectivity index (χ4n) is 2.79. The first-order valence-corrected chi connectivity index (χ1v) is 8.43. The molecule has 29 heavy (non-hydrogen) atoms. The van der Waals surface area contributed by atoms with E-state index in [4.69, 9.17) is 4.74 Å². The van der Waals surface area contributed by atoms with Crippen LogP contribution in [0.25, 0.3) is 0 Å². The fourth-order valence-corrected chi connectivity index (χ4v) is 2.79. The number of ether oxygens (including phenoxy) is 1. The van der Waals surface area contributed by atoms with Crippen molar-refractivity contribution in [2.75, 3.05) is 13.1 Å². The smallest absolute Gasteiger partial charge is 0.433 e. The number of carbonyl (C=O) groups is 1. The minimum atomic E-state index is -4.65. The molecule has 1 aliphatic rings. The van der Waals surface area contributed by atoms with Gasteiger partial charge in [0.15, 0.2) is 5.69 Å². The maximum atomic E-state index is 12.7. The monoisotopic (exact) mass is 420 g/mol. The predicted molar refractivity (Wildman–Crippen MR) is 85.8 cm³/mol. The predicted octanol–water partition coefficient (Wildman–Crippen LogP) is 3.59. The summed E-state index contributed by atoms with van der Waals surface area (Å²) in [4.78, 5) is 24.1. The largest absolute Gasteiger partial charge is 0.458 e. The third-order valence-corrected chi connectivity index (χ3v) is 4.16. The average Bonchev–Trinajstić information content (AvgIpc) is 2.67. The van der Waals surface area contributed by atoms with Crippen LogP contribution >= 0.6 is 0 Å². The molecule has 1 aliphatic heterocycles. The molecule has 1 unspecified atom stereocenters. The highest BCUT2D eigenvalue weighted by atomic mass is 19.4. The fraction of sp³-hybridized carbons (Fsp3) is 0.412. The van der Waals surface area contributed by atoms with Crippen molar-refractivity contribution in [1.29, 1.82) is 0 Å². The van der Waals surface area contributed by atoms with Crippen molar-refractivity contribution >= 4 is 5.91 Å². The Kier molecular flexibility index (Phi) is 5.62. The maximum Gasteiger partial charge on any atom is 0.433 e. The van der Waals surface area contributed by atoms with Crippen LogP contribution in [0.4, 0.5) is 26.3 Å². The van der Waals surface area contributed by atoms with Gasteiger partial charge in [-0.2, -0.15) is 31.3 Å². The second-order valence-corrected chi connectivity index (χ2v) is 6.29. The van der Waals surface area contributed by atoms with Gasteiger partial charge in [0.25, 0.3) is 5.91 Å². The molecule has 0 radical (unpaired) electrons. The molecule has 0 aliphatic carbocycles. The molecule has 156 valence electrons. The molecule has 2 aromatic rings. The Hall–Kier alpha value is -2.92. The van der Waals surface area contributed by atoms with Crippen molar-refractivity contribution in [2.45, 2.75) is 31.3 Å². The molecule has 12 heteroatoms. The topological polar surface area (TPSA) is 68.2 Å². The lowest BCUT2D eigenvalue weighted by Crippen LogP contribution is -2.44. The molecule has 1 amide bonds. The lowest BCUT2D eigenvalue weighted by Gasteiger charge is -2.32. The van der Waals surface area contributed by atoms with Crippen LogP contribution < -0.4 is 4.74 Å². The molecule has 6 nitrogen and oxygen atoms in total. The van der Waals surface area contributed by atoms with Crippen molar-refractivity contribution in [3.8, 4) is 6.01 Å². The van der Waals surface area contributed by atoms with E-state index in [2.05, 4.69) is 15.0 Å². The number of nitrogens with zero attached hydrogens (tertiary/aromatic N) is 4. The van der Waals surface area contributed by atoms with Gasteiger partial charge in [0, 0.05) is 18.9 Å². The highest BCUT2D eigenvalue weighted by molar-refractivity contribution is 5.94. The SMILES string of the molecule is O=C(c1ccc(C(F)(F)F)nc1)N1CCCC(Oc2nccc(C(F)(F)F)n2)C1. The molecular weight excluding hydrogens is 406 g/mol. The minimum Gasteiger partial charge on any atom is -0.458 e. The van der Waals surface area contributed by atoms with Crippen LogP contribution in [0, 0.1) is 0 Å². The van der Waals surface area contributed by atoms with Crippen molar-refractivity contribution < 1.29 is 35.9 Å². The van der Waals surface area contributed by atoms with Crippen LogP contribution in [0.1, 0.15) is 34.6 Å². The Morgan fingerprint density at radius 2 is 1.76 bits per heavy atom. The number of aromatic nitrogens is 3. The lowest BCUT2D eigenvalue weighted by molar-refractivity contribution is -0.142. The Labute approximate surface area is 160 Å². The van der Waals surface area contributed by atoms with Gasteiger partial charge in [-0.3, -0.25) is 9.78 Å². The van der Waals surface area contributed by atoms with Crippen molar-refractivity contribution in [3.05, 3.63) is 47.5 Å². The van der Waals surface area contributed by atoms with Crippen molar-refractivity contribution in [2.24, 2.45) is 0 Å². The van der Waals surface area contributed by atoms with Crippen molar-refractivity contribution in [3.63, 3.8) is 0 Å². The van der Waals surface area contributed by atoms with E-state index in [1.54, 1.807) is 0 Å². The standard InChI is InChI=1S/C17H14F6N4O2/c18-16(19,20)12-4-3-10(8-25-12)14(28)27-7-1-2-11(9-27)29-15-24-6-5-13(26-15)17(21,22)23/h3-6,8,11H,1-2,7,9H2.